The third-order valence-corrected chi connectivity index (χ3v) is 2.68. The van der Waals surface area contributed by atoms with E-state index in [4.69, 9.17) is 27.2 Å². The molecule has 6 heteroatoms. The number of para-hydroxylation sites is 1. The highest BCUT2D eigenvalue weighted by Gasteiger charge is 2.23. The van der Waals surface area contributed by atoms with Crippen molar-refractivity contribution in [3.05, 3.63) is 28.8 Å². The minimum atomic E-state index is -1.18. The first-order valence-corrected chi connectivity index (χ1v) is 5.83. The van der Waals surface area contributed by atoms with Gasteiger partial charge in [0.15, 0.2) is 6.10 Å². The number of aliphatic carboxylic acids is 1. The van der Waals surface area contributed by atoms with Crippen molar-refractivity contribution in [2.24, 2.45) is 0 Å². The summed E-state index contributed by atoms with van der Waals surface area (Å²) in [7, 11) is 0. The number of anilines is 1. The van der Waals surface area contributed by atoms with Gasteiger partial charge in [-0.1, -0.05) is 31.0 Å². The van der Waals surface area contributed by atoms with Gasteiger partial charge in [-0.15, -0.1) is 0 Å². The van der Waals surface area contributed by atoms with E-state index in [1.807, 2.05) is 0 Å². The zero-order valence-corrected chi connectivity index (χ0v) is 10.6. The monoisotopic (exact) mass is 271 g/mol. The molecule has 0 aliphatic rings. The molecule has 3 N–H and O–H groups in total. The van der Waals surface area contributed by atoms with E-state index in [1.54, 1.807) is 13.0 Å². The maximum Gasteiger partial charge on any atom is 0.345 e. The number of rotatable bonds is 5. The Morgan fingerprint density at radius 3 is 2.72 bits per heavy atom. The molecule has 1 atom stereocenters. The van der Waals surface area contributed by atoms with Crippen LogP contribution in [-0.2, 0) is 9.53 Å². The summed E-state index contributed by atoms with van der Waals surface area (Å²) in [6.07, 6.45) is -0.322. The summed E-state index contributed by atoms with van der Waals surface area (Å²) in [6.45, 7) is 1.80. The SMILES string of the molecule is CCCC(OC(=O)c1cccc(Cl)c1N)C(=O)O. The molecule has 0 saturated carbocycles. The van der Waals surface area contributed by atoms with E-state index in [-0.39, 0.29) is 22.7 Å². The highest BCUT2D eigenvalue weighted by Crippen LogP contribution is 2.23. The molecule has 0 radical (unpaired) electrons. The molecule has 5 nitrogen and oxygen atoms in total. The van der Waals surface area contributed by atoms with Crippen LogP contribution in [-0.4, -0.2) is 23.1 Å². The first kappa shape index (κ1) is 14.3. The second-order valence-corrected chi connectivity index (χ2v) is 4.13. The van der Waals surface area contributed by atoms with Crippen LogP contribution in [0.3, 0.4) is 0 Å². The summed E-state index contributed by atoms with van der Waals surface area (Å²) in [5.74, 6) is -1.96. The Labute approximate surface area is 109 Å². The summed E-state index contributed by atoms with van der Waals surface area (Å²) in [5, 5.41) is 9.12. The van der Waals surface area contributed by atoms with E-state index in [1.165, 1.54) is 12.1 Å². The molecule has 98 valence electrons. The lowest BCUT2D eigenvalue weighted by atomic mass is 10.1. The van der Waals surface area contributed by atoms with Crippen LogP contribution in [0.5, 0.6) is 0 Å². The lowest BCUT2D eigenvalue weighted by molar-refractivity contribution is -0.147. The van der Waals surface area contributed by atoms with Crippen molar-refractivity contribution in [1.82, 2.24) is 0 Å². The molecule has 0 aliphatic carbocycles. The number of ether oxygens (including phenoxy) is 1. The quantitative estimate of drug-likeness (QED) is 0.634. The fourth-order valence-electron chi connectivity index (χ4n) is 1.40. The number of hydrogen-bond donors (Lipinski definition) is 2. The van der Waals surface area contributed by atoms with Crippen LogP contribution in [0.4, 0.5) is 5.69 Å². The van der Waals surface area contributed by atoms with E-state index in [0.717, 1.165) is 0 Å². The van der Waals surface area contributed by atoms with Crippen LogP contribution in [0.1, 0.15) is 30.1 Å². The Morgan fingerprint density at radius 1 is 1.50 bits per heavy atom. The second-order valence-electron chi connectivity index (χ2n) is 3.72. The number of nitrogens with two attached hydrogens (primary N) is 1. The average Bonchev–Trinajstić information content (AvgIpc) is 2.31. The zero-order valence-electron chi connectivity index (χ0n) is 9.85. The van der Waals surface area contributed by atoms with Gasteiger partial charge in [-0.2, -0.15) is 0 Å². The van der Waals surface area contributed by atoms with Crippen molar-refractivity contribution >= 4 is 29.2 Å². The molecule has 0 heterocycles. The third-order valence-electron chi connectivity index (χ3n) is 2.35. The summed E-state index contributed by atoms with van der Waals surface area (Å²) in [5.41, 5.74) is 5.79. The normalized spacial score (nSPS) is 11.9. The van der Waals surface area contributed by atoms with E-state index in [2.05, 4.69) is 0 Å². The Balaban J connectivity index is 2.87. The smallest absolute Gasteiger partial charge is 0.345 e. The lowest BCUT2D eigenvalue weighted by Gasteiger charge is -2.13. The van der Waals surface area contributed by atoms with Gasteiger partial charge in [0, 0.05) is 0 Å². The van der Waals surface area contributed by atoms with Gasteiger partial charge >= 0.3 is 11.9 Å². The van der Waals surface area contributed by atoms with E-state index >= 15 is 0 Å². The number of carbonyl (C=O) groups excluding carboxylic acids is 1. The molecule has 0 aliphatic heterocycles. The van der Waals surface area contributed by atoms with Gasteiger partial charge in [-0.3, -0.25) is 0 Å². The van der Waals surface area contributed by atoms with Gasteiger partial charge < -0.3 is 15.6 Å². The molecule has 18 heavy (non-hydrogen) atoms. The Morgan fingerprint density at radius 2 is 2.17 bits per heavy atom. The average molecular weight is 272 g/mol. The maximum absolute atomic E-state index is 11.8. The van der Waals surface area contributed by atoms with Gasteiger partial charge in [0.1, 0.15) is 0 Å². The largest absolute Gasteiger partial charge is 0.479 e. The predicted octanol–water partition coefficient (Wildman–Crippen LogP) is 2.33. The van der Waals surface area contributed by atoms with Crippen molar-refractivity contribution in [2.75, 3.05) is 5.73 Å². The van der Waals surface area contributed by atoms with Crippen LogP contribution in [0.2, 0.25) is 5.02 Å². The fourth-order valence-corrected chi connectivity index (χ4v) is 1.58. The summed E-state index contributed by atoms with van der Waals surface area (Å²) in [6, 6.07) is 4.52. The van der Waals surface area contributed by atoms with Crippen molar-refractivity contribution < 1.29 is 19.4 Å². The van der Waals surface area contributed by atoms with Crippen molar-refractivity contribution in [3.63, 3.8) is 0 Å². The molecule has 1 rings (SSSR count). The lowest BCUT2D eigenvalue weighted by Crippen LogP contribution is -2.27. The topological polar surface area (TPSA) is 89.6 Å². The molecule has 0 bridgehead atoms. The molecule has 0 spiro atoms. The molecular formula is C12H14ClNO4. The first-order valence-electron chi connectivity index (χ1n) is 5.45. The fraction of sp³-hybridized carbons (Fsp3) is 0.333. The highest BCUT2D eigenvalue weighted by molar-refractivity contribution is 6.33. The minimum Gasteiger partial charge on any atom is -0.479 e. The van der Waals surface area contributed by atoms with Gasteiger partial charge in [-0.25, -0.2) is 9.59 Å². The van der Waals surface area contributed by atoms with Crippen molar-refractivity contribution in [2.45, 2.75) is 25.9 Å². The molecule has 1 aromatic rings. The van der Waals surface area contributed by atoms with E-state index in [0.29, 0.717) is 6.42 Å². The summed E-state index contributed by atoms with van der Waals surface area (Å²) in [4.78, 5) is 22.7. The van der Waals surface area contributed by atoms with Crippen LogP contribution < -0.4 is 5.73 Å². The number of carboxylic acids is 1. The zero-order chi connectivity index (χ0) is 13.7. The van der Waals surface area contributed by atoms with Crippen LogP contribution in [0, 0.1) is 0 Å². The standard InChI is InChI=1S/C12H14ClNO4/c1-2-4-9(11(15)16)18-12(17)7-5-3-6-8(13)10(7)14/h3,5-6,9H,2,4,14H2,1H3,(H,15,16). The number of carbonyl (C=O) groups is 2. The van der Waals surface area contributed by atoms with E-state index < -0.39 is 18.0 Å². The molecule has 0 amide bonds. The molecular weight excluding hydrogens is 258 g/mol. The first-order chi connectivity index (χ1) is 8.47. The van der Waals surface area contributed by atoms with Gasteiger partial charge in [0.25, 0.3) is 0 Å². The van der Waals surface area contributed by atoms with Gasteiger partial charge in [0.2, 0.25) is 0 Å². The maximum atomic E-state index is 11.8. The Kier molecular flexibility index (Phi) is 4.97. The molecule has 0 fully saturated rings. The molecule has 1 aromatic carbocycles. The highest BCUT2D eigenvalue weighted by atomic mass is 35.5. The Hall–Kier alpha value is -1.75. The van der Waals surface area contributed by atoms with Gasteiger partial charge in [0.05, 0.1) is 16.3 Å². The van der Waals surface area contributed by atoms with E-state index in [9.17, 15) is 9.59 Å². The third kappa shape index (κ3) is 3.37. The number of hydrogen-bond acceptors (Lipinski definition) is 4. The van der Waals surface area contributed by atoms with Crippen LogP contribution >= 0.6 is 11.6 Å². The minimum absolute atomic E-state index is 0.0739. The molecule has 1 unspecified atom stereocenters. The number of esters is 1. The summed E-state index contributed by atoms with van der Waals surface area (Å²) >= 11 is 5.77. The predicted molar refractivity (Wildman–Crippen MR) is 67.6 cm³/mol. The second kappa shape index (κ2) is 6.26. The summed E-state index contributed by atoms with van der Waals surface area (Å²) < 4.78 is 4.90. The van der Waals surface area contributed by atoms with Crippen molar-refractivity contribution in [1.29, 1.82) is 0 Å². The number of halogens is 1. The van der Waals surface area contributed by atoms with Crippen LogP contribution in [0.25, 0.3) is 0 Å². The number of carboxylic acid groups (broad SMARTS) is 1. The van der Waals surface area contributed by atoms with Crippen molar-refractivity contribution in [3.8, 4) is 0 Å². The Bertz CT molecular complexity index is 461. The number of benzene rings is 1. The number of nitrogen functional groups attached to an aromatic ring is 1. The molecule has 0 saturated heterocycles. The van der Waals surface area contributed by atoms with Crippen LogP contribution in [0.15, 0.2) is 18.2 Å². The molecule has 0 aromatic heterocycles. The van der Waals surface area contributed by atoms with Gasteiger partial charge in [-0.05, 0) is 18.6 Å².